The van der Waals surface area contributed by atoms with Crippen LogP contribution < -0.4 is 16.2 Å². The van der Waals surface area contributed by atoms with Crippen molar-refractivity contribution >= 4 is 50.4 Å². The summed E-state index contributed by atoms with van der Waals surface area (Å²) >= 11 is 2.96. The van der Waals surface area contributed by atoms with E-state index in [0.717, 1.165) is 10.4 Å². The van der Waals surface area contributed by atoms with Gasteiger partial charge >= 0.3 is 0 Å². The first-order valence-electron chi connectivity index (χ1n) is 8.69. The third-order valence-electron chi connectivity index (χ3n) is 4.32. The largest absolute Gasteiger partial charge is 0.355 e. The van der Waals surface area contributed by atoms with Gasteiger partial charge in [-0.15, -0.1) is 22.7 Å². The molecule has 0 saturated carbocycles. The molecule has 0 radical (unpaired) electrons. The van der Waals surface area contributed by atoms with E-state index in [1.165, 1.54) is 22.2 Å². The average molecular weight is 425 g/mol. The second-order valence-corrected chi connectivity index (χ2v) is 7.99. The summed E-state index contributed by atoms with van der Waals surface area (Å²) in [5.74, 6) is -0.556. The van der Waals surface area contributed by atoms with Gasteiger partial charge in [0.1, 0.15) is 11.4 Å². The Morgan fingerprint density at radius 1 is 1.14 bits per heavy atom. The molecule has 9 heteroatoms. The fourth-order valence-electron chi connectivity index (χ4n) is 2.90. The smallest absolute Gasteiger partial charge is 0.263 e. The van der Waals surface area contributed by atoms with Crippen molar-refractivity contribution in [2.75, 3.05) is 12.4 Å². The summed E-state index contributed by atoms with van der Waals surface area (Å²) in [4.78, 5) is 42.9. The number of fused-ring (bicyclic) bond motifs is 1. The van der Waals surface area contributed by atoms with Gasteiger partial charge in [0.05, 0.1) is 11.7 Å². The van der Waals surface area contributed by atoms with Crippen LogP contribution in [0.4, 0.5) is 5.69 Å². The molecule has 29 heavy (non-hydrogen) atoms. The lowest BCUT2D eigenvalue weighted by Crippen LogP contribution is -2.27. The monoisotopic (exact) mass is 424 g/mol. The predicted molar refractivity (Wildman–Crippen MR) is 116 cm³/mol. The molecule has 4 aromatic rings. The third-order valence-corrected chi connectivity index (χ3v) is 6.11. The number of benzene rings is 1. The Hall–Kier alpha value is -3.30. The Morgan fingerprint density at radius 3 is 2.62 bits per heavy atom. The highest BCUT2D eigenvalue weighted by Gasteiger charge is 2.15. The van der Waals surface area contributed by atoms with Crippen molar-refractivity contribution in [3.05, 3.63) is 69.4 Å². The molecule has 0 bridgehead atoms. The van der Waals surface area contributed by atoms with E-state index >= 15 is 0 Å². The highest BCUT2D eigenvalue weighted by molar-refractivity contribution is 7.18. The van der Waals surface area contributed by atoms with Crippen LogP contribution in [0.2, 0.25) is 0 Å². The Balaban J connectivity index is 1.55. The summed E-state index contributed by atoms with van der Waals surface area (Å²) in [6, 6.07) is 10.4. The SMILES string of the molecule is CNC(=O)c1ccc(NC(=O)Cn2cnc3scc(-c4cccs4)c3c2=O)cc1. The second kappa shape index (κ2) is 7.98. The van der Waals surface area contributed by atoms with E-state index in [1.54, 1.807) is 42.6 Å². The molecule has 3 aromatic heterocycles. The van der Waals surface area contributed by atoms with E-state index in [-0.39, 0.29) is 23.9 Å². The molecule has 2 amide bonds. The average Bonchev–Trinajstić information content (AvgIpc) is 3.40. The number of hydrogen-bond acceptors (Lipinski definition) is 6. The first-order valence-corrected chi connectivity index (χ1v) is 10.5. The molecule has 0 fully saturated rings. The molecule has 4 rings (SSSR count). The summed E-state index contributed by atoms with van der Waals surface area (Å²) < 4.78 is 1.31. The van der Waals surface area contributed by atoms with E-state index < -0.39 is 0 Å². The molecule has 1 aromatic carbocycles. The quantitative estimate of drug-likeness (QED) is 0.515. The zero-order valence-electron chi connectivity index (χ0n) is 15.3. The van der Waals surface area contributed by atoms with Crippen molar-refractivity contribution in [1.82, 2.24) is 14.9 Å². The number of anilines is 1. The molecule has 0 aliphatic rings. The number of rotatable bonds is 5. The molecule has 7 nitrogen and oxygen atoms in total. The Labute approximate surface area is 173 Å². The number of amides is 2. The van der Waals surface area contributed by atoms with Gasteiger partial charge in [0.15, 0.2) is 0 Å². The minimum Gasteiger partial charge on any atom is -0.355 e. The number of nitrogens with one attached hydrogen (secondary N) is 2. The van der Waals surface area contributed by atoms with Crippen LogP contribution in [0.3, 0.4) is 0 Å². The van der Waals surface area contributed by atoms with Crippen LogP contribution in [0.15, 0.2) is 58.3 Å². The Kier molecular flexibility index (Phi) is 5.24. The highest BCUT2D eigenvalue weighted by atomic mass is 32.1. The number of thiophene rings is 2. The van der Waals surface area contributed by atoms with Gasteiger partial charge < -0.3 is 10.6 Å². The molecule has 3 heterocycles. The summed E-state index contributed by atoms with van der Waals surface area (Å²) in [5, 5.41) is 9.68. The van der Waals surface area contributed by atoms with Crippen molar-refractivity contribution in [3.8, 4) is 10.4 Å². The molecule has 0 spiro atoms. The standard InChI is InChI=1S/C20H16N4O3S2/c1-21-18(26)12-4-6-13(7-5-12)23-16(25)9-24-11-22-19-17(20(24)27)14(10-29-19)15-3-2-8-28-15/h2-8,10-11H,9H2,1H3,(H,21,26)(H,23,25). The van der Waals surface area contributed by atoms with Crippen LogP contribution in [-0.4, -0.2) is 28.4 Å². The maximum atomic E-state index is 13.0. The minimum absolute atomic E-state index is 0.154. The van der Waals surface area contributed by atoms with Crippen LogP contribution in [0.1, 0.15) is 10.4 Å². The van der Waals surface area contributed by atoms with E-state index in [0.29, 0.717) is 21.5 Å². The minimum atomic E-state index is -0.353. The lowest BCUT2D eigenvalue weighted by atomic mass is 10.2. The van der Waals surface area contributed by atoms with E-state index in [9.17, 15) is 14.4 Å². The van der Waals surface area contributed by atoms with Gasteiger partial charge in [0, 0.05) is 34.1 Å². The van der Waals surface area contributed by atoms with Crippen LogP contribution in [0.5, 0.6) is 0 Å². The predicted octanol–water partition coefficient (Wildman–Crippen LogP) is 3.18. The first-order chi connectivity index (χ1) is 14.1. The van der Waals surface area contributed by atoms with Crippen LogP contribution in [-0.2, 0) is 11.3 Å². The fraction of sp³-hybridized carbons (Fsp3) is 0.100. The number of carbonyl (C=O) groups is 2. The van der Waals surface area contributed by atoms with Gasteiger partial charge in [-0.1, -0.05) is 6.07 Å². The number of carbonyl (C=O) groups excluding carboxylic acids is 2. The maximum absolute atomic E-state index is 13.0. The summed E-state index contributed by atoms with van der Waals surface area (Å²) in [6.45, 7) is -0.154. The van der Waals surface area contributed by atoms with Crippen molar-refractivity contribution in [2.24, 2.45) is 0 Å². The van der Waals surface area contributed by atoms with Crippen molar-refractivity contribution in [2.45, 2.75) is 6.54 Å². The van der Waals surface area contributed by atoms with Gasteiger partial charge in [-0.2, -0.15) is 0 Å². The van der Waals surface area contributed by atoms with Gasteiger partial charge in [0.2, 0.25) is 5.91 Å². The molecule has 146 valence electrons. The first kappa shape index (κ1) is 19.0. The Bertz CT molecular complexity index is 1240. The third kappa shape index (κ3) is 3.82. The molecule has 0 saturated heterocycles. The molecular formula is C20H16N4O3S2. The summed E-state index contributed by atoms with van der Waals surface area (Å²) in [6.07, 6.45) is 1.40. The molecule has 0 atom stereocenters. The summed E-state index contributed by atoms with van der Waals surface area (Å²) in [7, 11) is 1.55. The van der Waals surface area contributed by atoms with Crippen LogP contribution in [0, 0.1) is 0 Å². The topological polar surface area (TPSA) is 93.1 Å². The second-order valence-electron chi connectivity index (χ2n) is 6.19. The van der Waals surface area contributed by atoms with E-state index in [4.69, 9.17) is 0 Å². The number of hydrogen-bond donors (Lipinski definition) is 2. The van der Waals surface area contributed by atoms with Gasteiger partial charge in [-0.25, -0.2) is 4.98 Å². The zero-order valence-corrected chi connectivity index (χ0v) is 17.0. The molecular weight excluding hydrogens is 408 g/mol. The van der Waals surface area contributed by atoms with E-state index in [1.807, 2.05) is 22.9 Å². The lowest BCUT2D eigenvalue weighted by Gasteiger charge is -2.08. The zero-order chi connectivity index (χ0) is 20.4. The molecule has 0 aliphatic heterocycles. The normalized spacial score (nSPS) is 10.8. The van der Waals surface area contributed by atoms with Crippen LogP contribution in [0.25, 0.3) is 20.7 Å². The van der Waals surface area contributed by atoms with Crippen molar-refractivity contribution in [1.29, 1.82) is 0 Å². The highest BCUT2D eigenvalue weighted by Crippen LogP contribution is 2.33. The van der Waals surface area contributed by atoms with E-state index in [2.05, 4.69) is 15.6 Å². The van der Waals surface area contributed by atoms with Gasteiger partial charge in [-0.3, -0.25) is 19.0 Å². The molecule has 0 aliphatic carbocycles. The number of nitrogens with zero attached hydrogens (tertiary/aromatic N) is 2. The molecule has 0 unspecified atom stereocenters. The maximum Gasteiger partial charge on any atom is 0.263 e. The summed E-state index contributed by atoms with van der Waals surface area (Å²) in [5.41, 5.74) is 1.64. The number of aromatic nitrogens is 2. The van der Waals surface area contributed by atoms with Gasteiger partial charge in [0.25, 0.3) is 11.5 Å². The van der Waals surface area contributed by atoms with Crippen molar-refractivity contribution < 1.29 is 9.59 Å². The van der Waals surface area contributed by atoms with Crippen LogP contribution >= 0.6 is 22.7 Å². The Morgan fingerprint density at radius 2 is 1.93 bits per heavy atom. The molecule has 2 N–H and O–H groups in total. The van der Waals surface area contributed by atoms with Crippen molar-refractivity contribution in [3.63, 3.8) is 0 Å². The van der Waals surface area contributed by atoms with Gasteiger partial charge in [-0.05, 0) is 35.7 Å². The lowest BCUT2D eigenvalue weighted by molar-refractivity contribution is -0.116. The fourth-order valence-corrected chi connectivity index (χ4v) is 4.62.